The number of aryl methyl sites for hydroxylation is 1. The number of carbonyl (C=O) groups is 1. The second kappa shape index (κ2) is 3.88. The van der Waals surface area contributed by atoms with Gasteiger partial charge < -0.3 is 10.6 Å². The average molecular weight is 208 g/mol. The Bertz CT molecular complexity index is 392. The van der Waals surface area contributed by atoms with Crippen LogP contribution in [0.4, 0.5) is 10.1 Å². The summed E-state index contributed by atoms with van der Waals surface area (Å²) in [6, 6.07) is 4.63. The van der Waals surface area contributed by atoms with E-state index in [1.54, 1.807) is 6.07 Å². The minimum Gasteiger partial charge on any atom is -0.371 e. The third-order valence-corrected chi connectivity index (χ3v) is 2.50. The van der Waals surface area contributed by atoms with Gasteiger partial charge in [-0.25, -0.2) is 4.39 Å². The van der Waals surface area contributed by atoms with Crippen LogP contribution < -0.4 is 10.6 Å². The van der Waals surface area contributed by atoms with E-state index < -0.39 is 0 Å². The van der Waals surface area contributed by atoms with Gasteiger partial charge in [0.05, 0.1) is 5.69 Å². The molecule has 1 fully saturated rings. The van der Waals surface area contributed by atoms with Crippen molar-refractivity contribution < 1.29 is 9.18 Å². The lowest BCUT2D eigenvalue weighted by Gasteiger charge is -2.12. The summed E-state index contributed by atoms with van der Waals surface area (Å²) in [5.74, 6) is -0.371. The normalized spacial score (nSPS) is 20.1. The molecule has 0 saturated carbocycles. The lowest BCUT2D eigenvalue weighted by Crippen LogP contribution is -2.29. The Balaban J connectivity index is 2.13. The largest absolute Gasteiger partial charge is 0.371 e. The molecule has 1 aliphatic heterocycles. The molecule has 1 heterocycles. The summed E-state index contributed by atoms with van der Waals surface area (Å²) < 4.78 is 13.4. The number of nitrogens with one attached hydrogen (secondary N) is 2. The fourth-order valence-corrected chi connectivity index (χ4v) is 1.66. The Morgan fingerprint density at radius 2 is 2.33 bits per heavy atom. The first-order valence-electron chi connectivity index (χ1n) is 4.97. The van der Waals surface area contributed by atoms with Gasteiger partial charge in [-0.2, -0.15) is 0 Å². The maximum absolute atomic E-state index is 13.4. The number of rotatable bonds is 2. The van der Waals surface area contributed by atoms with Gasteiger partial charge in [0.15, 0.2) is 0 Å². The predicted octanol–water partition coefficient (Wildman–Crippen LogP) is 1.43. The molecule has 4 heteroatoms. The van der Waals surface area contributed by atoms with Crippen LogP contribution in [0.1, 0.15) is 12.0 Å². The Morgan fingerprint density at radius 1 is 1.53 bits per heavy atom. The number of anilines is 1. The number of benzene rings is 1. The fraction of sp³-hybridized carbons (Fsp3) is 0.364. The van der Waals surface area contributed by atoms with Crippen molar-refractivity contribution >= 4 is 11.6 Å². The summed E-state index contributed by atoms with van der Waals surface area (Å²) in [5, 5.41) is 5.60. The highest BCUT2D eigenvalue weighted by Gasteiger charge is 2.24. The minimum absolute atomic E-state index is 0.0602. The van der Waals surface area contributed by atoms with E-state index in [1.807, 2.05) is 13.0 Å². The zero-order valence-electron chi connectivity index (χ0n) is 8.51. The summed E-state index contributed by atoms with van der Waals surface area (Å²) in [6.45, 7) is 2.49. The zero-order chi connectivity index (χ0) is 10.8. The minimum atomic E-state index is -0.310. The van der Waals surface area contributed by atoms with E-state index in [1.165, 1.54) is 6.07 Å². The van der Waals surface area contributed by atoms with Gasteiger partial charge in [0.1, 0.15) is 11.9 Å². The van der Waals surface area contributed by atoms with Crippen LogP contribution in [0.5, 0.6) is 0 Å². The predicted molar refractivity (Wildman–Crippen MR) is 56.2 cm³/mol. The first-order valence-corrected chi connectivity index (χ1v) is 4.97. The molecule has 80 valence electrons. The second-order valence-electron chi connectivity index (χ2n) is 3.76. The maximum atomic E-state index is 13.4. The number of hydrogen-bond acceptors (Lipinski definition) is 2. The van der Waals surface area contributed by atoms with Crippen LogP contribution >= 0.6 is 0 Å². The van der Waals surface area contributed by atoms with Crippen LogP contribution in [0.2, 0.25) is 0 Å². The van der Waals surface area contributed by atoms with Crippen molar-refractivity contribution in [2.24, 2.45) is 0 Å². The average Bonchev–Trinajstić information content (AvgIpc) is 2.57. The molecule has 0 spiro atoms. The van der Waals surface area contributed by atoms with Crippen molar-refractivity contribution in [2.45, 2.75) is 19.4 Å². The lowest BCUT2D eigenvalue weighted by molar-refractivity contribution is -0.119. The molecule has 3 nitrogen and oxygen atoms in total. The van der Waals surface area contributed by atoms with Crippen LogP contribution in [0.15, 0.2) is 18.2 Å². The van der Waals surface area contributed by atoms with Gasteiger partial charge in [0, 0.05) is 6.54 Å². The molecule has 1 aliphatic rings. The molecule has 0 aromatic heterocycles. The molecule has 15 heavy (non-hydrogen) atoms. The molecular weight excluding hydrogens is 195 g/mol. The smallest absolute Gasteiger partial charge is 0.242 e. The molecule has 1 unspecified atom stereocenters. The molecule has 2 N–H and O–H groups in total. The highest BCUT2D eigenvalue weighted by atomic mass is 19.1. The van der Waals surface area contributed by atoms with Crippen LogP contribution in [0.25, 0.3) is 0 Å². The molecular formula is C11H13FN2O. The van der Waals surface area contributed by atoms with Gasteiger partial charge in [-0.3, -0.25) is 4.79 Å². The standard InChI is InChI=1S/C11H13FN2O/c1-7-2-3-9(8(12)6-7)14-10-4-5-13-11(10)15/h2-3,6,10,14H,4-5H2,1H3,(H,13,15). The van der Waals surface area contributed by atoms with Crippen LogP contribution in [-0.4, -0.2) is 18.5 Å². The van der Waals surface area contributed by atoms with Gasteiger partial charge >= 0.3 is 0 Å². The summed E-state index contributed by atoms with van der Waals surface area (Å²) >= 11 is 0. The molecule has 1 aromatic carbocycles. The van der Waals surface area contributed by atoms with Gasteiger partial charge in [0.25, 0.3) is 0 Å². The monoisotopic (exact) mass is 208 g/mol. The molecule has 1 saturated heterocycles. The zero-order valence-corrected chi connectivity index (χ0v) is 8.51. The van der Waals surface area contributed by atoms with Crippen molar-refractivity contribution in [3.63, 3.8) is 0 Å². The first kappa shape index (κ1) is 9.96. The Hall–Kier alpha value is -1.58. The highest BCUT2D eigenvalue weighted by Crippen LogP contribution is 2.17. The molecule has 0 aliphatic carbocycles. The van der Waals surface area contributed by atoms with Crippen LogP contribution in [0.3, 0.4) is 0 Å². The first-order chi connectivity index (χ1) is 7.16. The van der Waals surface area contributed by atoms with Gasteiger partial charge in [-0.05, 0) is 31.0 Å². The van der Waals surface area contributed by atoms with Crippen LogP contribution in [-0.2, 0) is 4.79 Å². The highest BCUT2D eigenvalue weighted by molar-refractivity contribution is 5.86. The number of halogens is 1. The Morgan fingerprint density at radius 3 is 2.93 bits per heavy atom. The Kier molecular flexibility index (Phi) is 2.58. The molecule has 1 aromatic rings. The quantitative estimate of drug-likeness (QED) is 0.772. The maximum Gasteiger partial charge on any atom is 0.242 e. The van der Waals surface area contributed by atoms with E-state index in [0.717, 1.165) is 5.56 Å². The van der Waals surface area contributed by atoms with E-state index in [9.17, 15) is 9.18 Å². The van der Waals surface area contributed by atoms with E-state index in [0.29, 0.717) is 18.7 Å². The van der Waals surface area contributed by atoms with E-state index in [-0.39, 0.29) is 17.8 Å². The lowest BCUT2D eigenvalue weighted by atomic mass is 10.2. The van der Waals surface area contributed by atoms with E-state index in [2.05, 4.69) is 10.6 Å². The van der Waals surface area contributed by atoms with Crippen molar-refractivity contribution in [1.82, 2.24) is 5.32 Å². The summed E-state index contributed by atoms with van der Waals surface area (Å²) in [6.07, 6.45) is 0.701. The summed E-state index contributed by atoms with van der Waals surface area (Å²) in [5.41, 5.74) is 1.26. The van der Waals surface area contributed by atoms with Gasteiger partial charge in [-0.1, -0.05) is 6.07 Å². The number of carbonyl (C=O) groups excluding carboxylic acids is 1. The molecule has 0 bridgehead atoms. The number of amides is 1. The number of hydrogen-bond donors (Lipinski definition) is 2. The van der Waals surface area contributed by atoms with Crippen molar-refractivity contribution in [1.29, 1.82) is 0 Å². The van der Waals surface area contributed by atoms with Crippen molar-refractivity contribution in [2.75, 3.05) is 11.9 Å². The summed E-state index contributed by atoms with van der Waals surface area (Å²) in [4.78, 5) is 11.3. The summed E-state index contributed by atoms with van der Waals surface area (Å²) in [7, 11) is 0. The van der Waals surface area contributed by atoms with Crippen molar-refractivity contribution in [3.05, 3.63) is 29.6 Å². The van der Waals surface area contributed by atoms with Gasteiger partial charge in [-0.15, -0.1) is 0 Å². The third kappa shape index (κ3) is 2.09. The van der Waals surface area contributed by atoms with Gasteiger partial charge in [0.2, 0.25) is 5.91 Å². The second-order valence-corrected chi connectivity index (χ2v) is 3.76. The topological polar surface area (TPSA) is 41.1 Å². The van der Waals surface area contributed by atoms with Crippen molar-refractivity contribution in [3.8, 4) is 0 Å². The van der Waals surface area contributed by atoms with E-state index in [4.69, 9.17) is 0 Å². The van der Waals surface area contributed by atoms with E-state index >= 15 is 0 Å². The molecule has 1 amide bonds. The van der Waals surface area contributed by atoms with Crippen LogP contribution in [0, 0.1) is 12.7 Å². The third-order valence-electron chi connectivity index (χ3n) is 2.50. The molecule has 1 atom stereocenters. The Labute approximate surface area is 87.7 Å². The SMILES string of the molecule is Cc1ccc(NC2CCNC2=O)c(F)c1. The molecule has 0 radical (unpaired) electrons. The molecule has 2 rings (SSSR count). The fourth-order valence-electron chi connectivity index (χ4n) is 1.66.